The lowest BCUT2D eigenvalue weighted by Crippen LogP contribution is -3.00. The van der Waals surface area contributed by atoms with Crippen LogP contribution in [-0.2, 0) is 0 Å². The van der Waals surface area contributed by atoms with Crippen LogP contribution < -0.4 is 16.9 Å². The minimum Gasteiger partial charge on any atom is -1.00 e. The minimum absolute atomic E-state index is 0. The van der Waals surface area contributed by atoms with E-state index in [4.69, 9.17) is 5.11 Å². The molecule has 0 aliphatic rings. The first-order valence-electron chi connectivity index (χ1n) is 3.61. The molecule has 0 bridgehead atoms. The van der Waals surface area contributed by atoms with Crippen molar-refractivity contribution in [2.75, 3.05) is 21.1 Å². The molecule has 68 valence electrons. The van der Waals surface area contributed by atoms with Gasteiger partial charge in [-0.15, -0.1) is 0 Å². The van der Waals surface area contributed by atoms with E-state index in [2.05, 4.69) is 21.1 Å². The second kappa shape index (κ2) is 3.78. The van der Waals surface area contributed by atoms with Crippen molar-refractivity contribution in [2.24, 2.45) is 0 Å². The van der Waals surface area contributed by atoms with E-state index in [1.54, 1.807) is 12.1 Å². The smallest absolute Gasteiger partial charge is 0.135 e. The monoisotopic (exact) mass is 187 g/mol. The molecule has 1 rings (SSSR count). The molecule has 1 aromatic carbocycles. The number of phenols is 1. The number of nitrogens with zero attached hydrogens (tertiary/aromatic N) is 1. The lowest BCUT2D eigenvalue weighted by Gasteiger charge is -2.23. The molecule has 0 radical (unpaired) electrons. The number of rotatable bonds is 1. The molecule has 0 unspecified atom stereocenters. The van der Waals surface area contributed by atoms with Crippen LogP contribution in [0.1, 0.15) is 0 Å². The molecule has 1 aromatic rings. The molecule has 1 N–H and O–H groups in total. The fourth-order valence-electron chi connectivity index (χ4n) is 0.910. The zero-order valence-corrected chi connectivity index (χ0v) is 8.34. The van der Waals surface area contributed by atoms with Gasteiger partial charge in [0.05, 0.1) is 21.1 Å². The van der Waals surface area contributed by atoms with Crippen LogP contribution in [0.15, 0.2) is 24.3 Å². The third kappa shape index (κ3) is 2.72. The van der Waals surface area contributed by atoms with Gasteiger partial charge in [0, 0.05) is 6.07 Å². The third-order valence-electron chi connectivity index (χ3n) is 1.60. The maximum atomic E-state index is 9.17. The van der Waals surface area contributed by atoms with Gasteiger partial charge in [-0.05, 0) is 12.1 Å². The van der Waals surface area contributed by atoms with E-state index < -0.39 is 0 Å². The largest absolute Gasteiger partial charge is 1.00 e. The molecular formula is C9H14ClNO. The van der Waals surface area contributed by atoms with Gasteiger partial charge in [0.2, 0.25) is 0 Å². The summed E-state index contributed by atoms with van der Waals surface area (Å²) in [7, 11) is 6.19. The zero-order chi connectivity index (χ0) is 8.48. The maximum absolute atomic E-state index is 9.17. The van der Waals surface area contributed by atoms with E-state index in [0.29, 0.717) is 5.75 Å². The van der Waals surface area contributed by atoms with Gasteiger partial charge in [0.25, 0.3) is 0 Å². The number of benzene rings is 1. The first-order valence-corrected chi connectivity index (χ1v) is 3.61. The Bertz CT molecular complexity index is 255. The Balaban J connectivity index is 0.00000121. The Morgan fingerprint density at radius 2 is 1.75 bits per heavy atom. The van der Waals surface area contributed by atoms with Crippen LogP contribution in [0, 0.1) is 0 Å². The summed E-state index contributed by atoms with van der Waals surface area (Å²) in [5.41, 5.74) is 1.10. The van der Waals surface area contributed by atoms with Crippen molar-refractivity contribution in [3.63, 3.8) is 0 Å². The molecule has 0 atom stereocenters. The van der Waals surface area contributed by atoms with Gasteiger partial charge in [0.1, 0.15) is 11.4 Å². The van der Waals surface area contributed by atoms with Gasteiger partial charge in [-0.3, -0.25) is 4.48 Å². The van der Waals surface area contributed by atoms with Crippen LogP contribution in [0.3, 0.4) is 0 Å². The summed E-state index contributed by atoms with van der Waals surface area (Å²) >= 11 is 0. The van der Waals surface area contributed by atoms with E-state index in [1.807, 2.05) is 12.1 Å². The first-order chi connectivity index (χ1) is 5.00. The molecule has 0 spiro atoms. The Morgan fingerprint density at radius 3 is 2.08 bits per heavy atom. The van der Waals surface area contributed by atoms with Gasteiger partial charge in [-0.2, -0.15) is 0 Å². The topological polar surface area (TPSA) is 20.2 Å². The van der Waals surface area contributed by atoms with E-state index in [9.17, 15) is 0 Å². The van der Waals surface area contributed by atoms with Crippen molar-refractivity contribution in [3.8, 4) is 5.75 Å². The van der Waals surface area contributed by atoms with Crippen LogP contribution in [0.5, 0.6) is 5.75 Å². The number of hydrogen-bond donors (Lipinski definition) is 1. The molecule has 0 heterocycles. The summed E-state index contributed by atoms with van der Waals surface area (Å²) in [5, 5.41) is 9.17. The fourth-order valence-corrected chi connectivity index (χ4v) is 0.910. The molecule has 12 heavy (non-hydrogen) atoms. The minimum atomic E-state index is 0. The normalized spacial score (nSPS) is 10.6. The van der Waals surface area contributed by atoms with Crippen molar-refractivity contribution >= 4 is 5.69 Å². The van der Waals surface area contributed by atoms with Crippen LogP contribution in [0.25, 0.3) is 0 Å². The first kappa shape index (κ1) is 11.3. The van der Waals surface area contributed by atoms with E-state index >= 15 is 0 Å². The molecular weight excluding hydrogens is 174 g/mol. The van der Waals surface area contributed by atoms with Crippen molar-refractivity contribution in [3.05, 3.63) is 24.3 Å². The second-order valence-corrected chi connectivity index (χ2v) is 3.53. The molecule has 0 saturated heterocycles. The quantitative estimate of drug-likeness (QED) is 0.536. The highest BCUT2D eigenvalue weighted by Crippen LogP contribution is 2.21. The zero-order valence-electron chi connectivity index (χ0n) is 7.58. The molecule has 0 aliphatic carbocycles. The molecule has 0 aliphatic heterocycles. The fraction of sp³-hybridized carbons (Fsp3) is 0.333. The predicted molar refractivity (Wildman–Crippen MR) is 47.7 cm³/mol. The van der Waals surface area contributed by atoms with E-state index in [1.165, 1.54) is 0 Å². The average molecular weight is 188 g/mol. The number of hydrogen-bond acceptors (Lipinski definition) is 1. The van der Waals surface area contributed by atoms with E-state index in [-0.39, 0.29) is 12.4 Å². The van der Waals surface area contributed by atoms with Crippen molar-refractivity contribution in [1.82, 2.24) is 4.48 Å². The van der Waals surface area contributed by atoms with Crippen molar-refractivity contribution < 1.29 is 17.5 Å². The molecule has 0 amide bonds. The highest BCUT2D eigenvalue weighted by Gasteiger charge is 2.11. The van der Waals surface area contributed by atoms with Crippen molar-refractivity contribution in [2.45, 2.75) is 0 Å². The van der Waals surface area contributed by atoms with Crippen LogP contribution in [0.4, 0.5) is 5.69 Å². The van der Waals surface area contributed by atoms with Gasteiger partial charge < -0.3 is 17.5 Å². The number of halogens is 1. The molecule has 2 nitrogen and oxygen atoms in total. The number of quaternary nitrogens is 1. The highest BCUT2D eigenvalue weighted by molar-refractivity contribution is 5.45. The van der Waals surface area contributed by atoms with E-state index in [0.717, 1.165) is 10.2 Å². The Labute approximate surface area is 79.4 Å². The molecule has 0 aromatic heterocycles. The maximum Gasteiger partial charge on any atom is 0.135 e. The Morgan fingerprint density at radius 1 is 1.17 bits per heavy atom. The summed E-state index contributed by atoms with van der Waals surface area (Å²) in [4.78, 5) is 0. The summed E-state index contributed by atoms with van der Waals surface area (Å²) in [6, 6.07) is 7.31. The van der Waals surface area contributed by atoms with Crippen molar-refractivity contribution in [1.29, 1.82) is 0 Å². The molecule has 3 heteroatoms. The highest BCUT2D eigenvalue weighted by atomic mass is 35.5. The van der Waals surface area contributed by atoms with Crippen LogP contribution in [-0.4, -0.2) is 26.2 Å². The van der Waals surface area contributed by atoms with Crippen LogP contribution >= 0.6 is 0 Å². The summed E-state index contributed by atoms with van der Waals surface area (Å²) in [5.74, 6) is 0.329. The average Bonchev–Trinajstić information content (AvgIpc) is 1.86. The third-order valence-corrected chi connectivity index (χ3v) is 1.60. The second-order valence-electron chi connectivity index (χ2n) is 3.53. The lowest BCUT2D eigenvalue weighted by molar-refractivity contribution is -0.00000361. The van der Waals surface area contributed by atoms with Crippen LogP contribution in [0.2, 0.25) is 0 Å². The summed E-state index contributed by atoms with van der Waals surface area (Å²) in [6.07, 6.45) is 0. The summed E-state index contributed by atoms with van der Waals surface area (Å²) < 4.78 is 0.731. The number of aromatic hydroxyl groups is 1. The van der Waals surface area contributed by atoms with Gasteiger partial charge >= 0.3 is 0 Å². The standard InChI is InChI=1S/C9H13NO.ClH/c1-10(2,3)8-5-4-6-9(11)7-8;/h4-7H,1-3H3;1H. The Kier molecular flexibility index (Phi) is 3.55. The number of phenolic OH excluding ortho intramolecular Hbond substituents is 1. The van der Waals surface area contributed by atoms with Gasteiger partial charge in [-0.1, -0.05) is 6.07 Å². The predicted octanol–water partition coefficient (Wildman–Crippen LogP) is -1.41. The van der Waals surface area contributed by atoms with Gasteiger partial charge in [0.15, 0.2) is 0 Å². The SMILES string of the molecule is C[N+](C)(C)c1cccc(O)c1.[Cl-]. The summed E-state index contributed by atoms with van der Waals surface area (Å²) in [6.45, 7) is 0. The Hall–Kier alpha value is -0.730. The van der Waals surface area contributed by atoms with Gasteiger partial charge in [-0.25, -0.2) is 0 Å². The molecule has 0 fully saturated rings. The molecule has 0 saturated carbocycles. The lowest BCUT2D eigenvalue weighted by atomic mass is 10.2.